The third kappa shape index (κ3) is 2.69. The summed E-state index contributed by atoms with van der Waals surface area (Å²) in [5.41, 5.74) is 1.19. The molecule has 1 aromatic rings. The molecular formula is C13H21N3S. The summed E-state index contributed by atoms with van der Waals surface area (Å²) >= 11 is 1.83. The molecule has 94 valence electrons. The minimum atomic E-state index is 0.681. The molecule has 1 aliphatic carbocycles. The quantitative estimate of drug-likeness (QED) is 0.888. The maximum absolute atomic E-state index is 4.58. The van der Waals surface area contributed by atoms with E-state index >= 15 is 0 Å². The van der Waals surface area contributed by atoms with Crippen molar-refractivity contribution in [3.63, 3.8) is 0 Å². The van der Waals surface area contributed by atoms with E-state index in [9.17, 15) is 0 Å². The minimum Gasteiger partial charge on any atom is -0.306 e. The number of hydrogen-bond acceptors (Lipinski definition) is 4. The molecule has 1 N–H and O–H groups in total. The lowest BCUT2D eigenvalue weighted by Gasteiger charge is -2.15. The molecule has 0 bridgehead atoms. The third-order valence-corrected chi connectivity index (χ3v) is 4.97. The van der Waals surface area contributed by atoms with Crippen LogP contribution in [0.5, 0.6) is 0 Å². The fourth-order valence-corrected chi connectivity index (χ4v) is 3.46. The van der Waals surface area contributed by atoms with Crippen molar-refractivity contribution in [1.29, 1.82) is 0 Å². The first-order valence-corrected chi connectivity index (χ1v) is 7.44. The van der Waals surface area contributed by atoms with E-state index in [0.717, 1.165) is 12.6 Å². The zero-order valence-corrected chi connectivity index (χ0v) is 11.5. The molecule has 1 aromatic heterocycles. The van der Waals surface area contributed by atoms with Crippen molar-refractivity contribution in [3.8, 4) is 0 Å². The van der Waals surface area contributed by atoms with Gasteiger partial charge < -0.3 is 5.32 Å². The summed E-state index contributed by atoms with van der Waals surface area (Å²) in [5.74, 6) is 0. The first-order valence-electron chi connectivity index (χ1n) is 6.62. The molecule has 0 aromatic carbocycles. The molecule has 17 heavy (non-hydrogen) atoms. The lowest BCUT2D eigenvalue weighted by atomic mass is 10.2. The predicted molar refractivity (Wildman–Crippen MR) is 71.4 cm³/mol. The highest BCUT2D eigenvalue weighted by atomic mass is 32.1. The van der Waals surface area contributed by atoms with Crippen molar-refractivity contribution in [3.05, 3.63) is 15.6 Å². The Balaban J connectivity index is 1.48. The first kappa shape index (κ1) is 11.6. The zero-order valence-electron chi connectivity index (χ0n) is 10.7. The summed E-state index contributed by atoms with van der Waals surface area (Å²) in [5, 5.41) is 4.90. The van der Waals surface area contributed by atoms with E-state index in [1.165, 1.54) is 47.9 Å². The second-order valence-corrected chi connectivity index (χ2v) is 6.63. The molecular weight excluding hydrogens is 230 g/mol. The summed E-state index contributed by atoms with van der Waals surface area (Å²) in [4.78, 5) is 8.58. The van der Waals surface area contributed by atoms with Gasteiger partial charge in [-0.1, -0.05) is 0 Å². The molecule has 2 heterocycles. The zero-order chi connectivity index (χ0) is 11.8. The predicted octanol–water partition coefficient (Wildman–Crippen LogP) is 2.09. The Labute approximate surface area is 107 Å². The fraction of sp³-hybridized carbons (Fsp3) is 0.769. The summed E-state index contributed by atoms with van der Waals surface area (Å²) in [6.45, 7) is 7.73. The van der Waals surface area contributed by atoms with Crippen LogP contribution < -0.4 is 5.32 Å². The Morgan fingerprint density at radius 2 is 2.18 bits per heavy atom. The average molecular weight is 251 g/mol. The van der Waals surface area contributed by atoms with Crippen molar-refractivity contribution in [2.75, 3.05) is 13.1 Å². The molecule has 1 saturated heterocycles. The van der Waals surface area contributed by atoms with Gasteiger partial charge in [0.1, 0.15) is 5.01 Å². The van der Waals surface area contributed by atoms with Crippen molar-refractivity contribution in [2.45, 2.75) is 51.7 Å². The SMILES string of the molecule is Cc1nc(CNC2CCN(C3CC3)C2)sc1C. The van der Waals surface area contributed by atoms with Crippen LogP contribution in [0.4, 0.5) is 0 Å². The van der Waals surface area contributed by atoms with Crippen molar-refractivity contribution in [1.82, 2.24) is 15.2 Å². The first-order chi connectivity index (χ1) is 8.22. The largest absolute Gasteiger partial charge is 0.306 e. The number of hydrogen-bond donors (Lipinski definition) is 1. The minimum absolute atomic E-state index is 0.681. The van der Waals surface area contributed by atoms with E-state index in [-0.39, 0.29) is 0 Å². The van der Waals surface area contributed by atoms with E-state index in [2.05, 4.69) is 29.0 Å². The van der Waals surface area contributed by atoms with Crippen LogP contribution >= 0.6 is 11.3 Å². The molecule has 1 saturated carbocycles. The highest BCUT2D eigenvalue weighted by Crippen LogP contribution is 2.29. The standard InChI is InChI=1S/C13H21N3S/c1-9-10(2)17-13(15-9)7-14-11-5-6-16(8-11)12-3-4-12/h11-12,14H,3-8H2,1-2H3. The number of likely N-dealkylation sites (tertiary alicyclic amines) is 1. The highest BCUT2D eigenvalue weighted by Gasteiger charge is 2.34. The van der Waals surface area contributed by atoms with E-state index in [1.54, 1.807) is 0 Å². The van der Waals surface area contributed by atoms with Gasteiger partial charge in [0.2, 0.25) is 0 Å². The number of thiazole rings is 1. The van der Waals surface area contributed by atoms with Gasteiger partial charge in [0.15, 0.2) is 0 Å². The highest BCUT2D eigenvalue weighted by molar-refractivity contribution is 7.11. The smallest absolute Gasteiger partial charge is 0.107 e. The number of aryl methyl sites for hydroxylation is 2. The van der Waals surface area contributed by atoms with Gasteiger partial charge in [-0.3, -0.25) is 4.90 Å². The Bertz CT molecular complexity index is 378. The van der Waals surface area contributed by atoms with Crippen LogP contribution in [0.15, 0.2) is 0 Å². The molecule has 0 radical (unpaired) electrons. The van der Waals surface area contributed by atoms with Crippen LogP contribution in [0.1, 0.15) is 34.8 Å². The van der Waals surface area contributed by atoms with Gasteiger partial charge in [-0.2, -0.15) is 0 Å². The van der Waals surface area contributed by atoms with Crippen LogP contribution in [0, 0.1) is 13.8 Å². The summed E-state index contributed by atoms with van der Waals surface area (Å²) < 4.78 is 0. The Morgan fingerprint density at radius 3 is 2.82 bits per heavy atom. The van der Waals surface area contributed by atoms with Gasteiger partial charge in [-0.05, 0) is 33.1 Å². The number of aromatic nitrogens is 1. The number of rotatable bonds is 4. The molecule has 1 atom stereocenters. The molecule has 4 heteroatoms. The average Bonchev–Trinajstić information content (AvgIpc) is 2.96. The normalized spacial score (nSPS) is 25.6. The maximum Gasteiger partial charge on any atom is 0.107 e. The summed E-state index contributed by atoms with van der Waals surface area (Å²) in [7, 11) is 0. The van der Waals surface area contributed by atoms with E-state index in [1.807, 2.05) is 11.3 Å². The van der Waals surface area contributed by atoms with Crippen molar-refractivity contribution >= 4 is 11.3 Å². The monoisotopic (exact) mass is 251 g/mol. The topological polar surface area (TPSA) is 28.2 Å². The Hall–Kier alpha value is -0.450. The van der Waals surface area contributed by atoms with E-state index in [0.29, 0.717) is 6.04 Å². The summed E-state index contributed by atoms with van der Waals surface area (Å²) in [6, 6.07) is 1.60. The van der Waals surface area contributed by atoms with Crippen LogP contribution in [-0.2, 0) is 6.54 Å². The van der Waals surface area contributed by atoms with E-state index in [4.69, 9.17) is 0 Å². The maximum atomic E-state index is 4.58. The summed E-state index contributed by atoms with van der Waals surface area (Å²) in [6.07, 6.45) is 4.16. The van der Waals surface area contributed by atoms with Crippen LogP contribution in [0.3, 0.4) is 0 Å². The third-order valence-electron chi connectivity index (χ3n) is 3.90. The molecule has 1 unspecified atom stereocenters. The Kier molecular flexibility index (Phi) is 3.19. The van der Waals surface area contributed by atoms with Gasteiger partial charge in [-0.25, -0.2) is 4.98 Å². The molecule has 3 nitrogen and oxygen atoms in total. The van der Waals surface area contributed by atoms with Gasteiger partial charge in [-0.15, -0.1) is 11.3 Å². The van der Waals surface area contributed by atoms with Crippen LogP contribution in [0.2, 0.25) is 0 Å². The van der Waals surface area contributed by atoms with Gasteiger partial charge >= 0.3 is 0 Å². The van der Waals surface area contributed by atoms with E-state index < -0.39 is 0 Å². The lowest BCUT2D eigenvalue weighted by Crippen LogP contribution is -2.32. The second kappa shape index (κ2) is 4.67. The number of nitrogens with one attached hydrogen (secondary N) is 1. The fourth-order valence-electron chi connectivity index (χ4n) is 2.57. The van der Waals surface area contributed by atoms with Crippen LogP contribution in [0.25, 0.3) is 0 Å². The van der Waals surface area contributed by atoms with Crippen molar-refractivity contribution in [2.24, 2.45) is 0 Å². The van der Waals surface area contributed by atoms with Gasteiger partial charge in [0, 0.05) is 36.6 Å². The number of nitrogens with zero attached hydrogens (tertiary/aromatic N) is 2. The Morgan fingerprint density at radius 1 is 1.35 bits per heavy atom. The molecule has 2 aliphatic rings. The van der Waals surface area contributed by atoms with Gasteiger partial charge in [0.05, 0.1) is 5.69 Å². The molecule has 0 amide bonds. The molecule has 1 aliphatic heterocycles. The van der Waals surface area contributed by atoms with Gasteiger partial charge in [0.25, 0.3) is 0 Å². The lowest BCUT2D eigenvalue weighted by molar-refractivity contribution is 0.317. The van der Waals surface area contributed by atoms with Crippen LogP contribution in [-0.4, -0.2) is 35.1 Å². The van der Waals surface area contributed by atoms with Crippen molar-refractivity contribution < 1.29 is 0 Å². The second-order valence-electron chi connectivity index (χ2n) is 5.34. The molecule has 0 spiro atoms. The molecule has 3 rings (SSSR count). The molecule has 2 fully saturated rings.